The van der Waals surface area contributed by atoms with Gasteiger partial charge in [0.1, 0.15) is 0 Å². The molecule has 0 amide bonds. The van der Waals surface area contributed by atoms with E-state index < -0.39 is 6.10 Å². The zero-order valence-electron chi connectivity index (χ0n) is 11.6. The first-order valence-corrected chi connectivity index (χ1v) is 6.80. The Bertz CT molecular complexity index is 324. The van der Waals surface area contributed by atoms with E-state index >= 15 is 0 Å². The van der Waals surface area contributed by atoms with Crippen molar-refractivity contribution in [3.8, 4) is 0 Å². The lowest BCUT2D eigenvalue weighted by atomic mass is 10.1. The van der Waals surface area contributed by atoms with Gasteiger partial charge < -0.3 is 15.7 Å². The van der Waals surface area contributed by atoms with Gasteiger partial charge in [-0.05, 0) is 31.0 Å². The van der Waals surface area contributed by atoms with Crippen LogP contribution in [-0.4, -0.2) is 42.8 Å². The lowest BCUT2D eigenvalue weighted by Gasteiger charge is -2.19. The smallest absolute Gasteiger partial charge is 0.0788 e. The molecule has 0 bridgehead atoms. The second kappa shape index (κ2) is 8.25. The maximum absolute atomic E-state index is 9.45. The van der Waals surface area contributed by atoms with Gasteiger partial charge in [0.15, 0.2) is 0 Å². The number of likely N-dealkylation sites (N-methyl/N-ethyl adjacent to an activating group) is 1. The number of nitrogens with two attached hydrogens (primary N) is 1. The van der Waals surface area contributed by atoms with Crippen LogP contribution in [0.1, 0.15) is 24.5 Å². The van der Waals surface area contributed by atoms with Crippen molar-refractivity contribution >= 4 is 0 Å². The van der Waals surface area contributed by atoms with Gasteiger partial charge in [0.2, 0.25) is 0 Å². The van der Waals surface area contributed by atoms with Crippen molar-refractivity contribution in [3.05, 3.63) is 35.4 Å². The highest BCUT2D eigenvalue weighted by Gasteiger charge is 2.05. The van der Waals surface area contributed by atoms with Crippen molar-refractivity contribution < 1.29 is 5.11 Å². The van der Waals surface area contributed by atoms with Gasteiger partial charge in [-0.2, -0.15) is 0 Å². The quantitative estimate of drug-likeness (QED) is 0.734. The van der Waals surface area contributed by atoms with Crippen molar-refractivity contribution in [1.29, 1.82) is 0 Å². The number of aliphatic hydroxyl groups excluding tert-OH is 1. The minimum Gasteiger partial charge on any atom is -0.390 e. The van der Waals surface area contributed by atoms with E-state index in [9.17, 15) is 5.11 Å². The number of benzene rings is 1. The highest BCUT2D eigenvalue weighted by atomic mass is 16.3. The first kappa shape index (κ1) is 15.2. The largest absolute Gasteiger partial charge is 0.390 e. The van der Waals surface area contributed by atoms with E-state index in [0.717, 1.165) is 19.4 Å². The molecule has 3 nitrogen and oxygen atoms in total. The SMILES string of the molecule is CCCc1ccc(CCN(C)CC(O)CN)cc1. The zero-order chi connectivity index (χ0) is 13.4. The highest BCUT2D eigenvalue weighted by molar-refractivity contribution is 5.22. The number of aliphatic hydroxyl groups is 1. The summed E-state index contributed by atoms with van der Waals surface area (Å²) < 4.78 is 0. The van der Waals surface area contributed by atoms with E-state index in [0.29, 0.717) is 13.1 Å². The molecule has 1 aromatic rings. The topological polar surface area (TPSA) is 49.5 Å². The molecule has 0 radical (unpaired) electrons. The van der Waals surface area contributed by atoms with E-state index in [2.05, 4.69) is 36.1 Å². The van der Waals surface area contributed by atoms with Gasteiger partial charge in [0.05, 0.1) is 6.10 Å². The van der Waals surface area contributed by atoms with Crippen molar-refractivity contribution in [2.24, 2.45) is 5.73 Å². The third-order valence-electron chi connectivity index (χ3n) is 3.14. The van der Waals surface area contributed by atoms with E-state index in [1.165, 1.54) is 17.5 Å². The molecule has 3 heteroatoms. The second-order valence-corrected chi connectivity index (χ2v) is 4.97. The van der Waals surface area contributed by atoms with Crippen LogP contribution in [0.25, 0.3) is 0 Å². The minimum absolute atomic E-state index is 0.329. The van der Waals surface area contributed by atoms with Gasteiger partial charge in [-0.1, -0.05) is 37.6 Å². The lowest BCUT2D eigenvalue weighted by Crippen LogP contribution is -2.35. The number of hydrogen-bond acceptors (Lipinski definition) is 3. The fourth-order valence-electron chi connectivity index (χ4n) is 2.01. The van der Waals surface area contributed by atoms with Crippen molar-refractivity contribution in [2.45, 2.75) is 32.3 Å². The van der Waals surface area contributed by atoms with Gasteiger partial charge in [-0.3, -0.25) is 0 Å². The van der Waals surface area contributed by atoms with E-state index in [1.54, 1.807) is 0 Å². The predicted molar refractivity (Wildman–Crippen MR) is 76.7 cm³/mol. The van der Waals surface area contributed by atoms with Crippen LogP contribution >= 0.6 is 0 Å². The molecule has 1 aromatic carbocycles. The van der Waals surface area contributed by atoms with E-state index in [-0.39, 0.29) is 0 Å². The van der Waals surface area contributed by atoms with Crippen molar-refractivity contribution in [1.82, 2.24) is 4.90 Å². The maximum Gasteiger partial charge on any atom is 0.0788 e. The molecular formula is C15H26N2O. The molecule has 1 rings (SSSR count). The Balaban J connectivity index is 2.34. The molecular weight excluding hydrogens is 224 g/mol. The molecule has 0 heterocycles. The fourth-order valence-corrected chi connectivity index (χ4v) is 2.01. The number of nitrogens with zero attached hydrogens (tertiary/aromatic N) is 1. The monoisotopic (exact) mass is 250 g/mol. The molecule has 1 atom stereocenters. The Morgan fingerprint density at radius 2 is 1.72 bits per heavy atom. The molecule has 18 heavy (non-hydrogen) atoms. The first-order chi connectivity index (χ1) is 8.65. The Morgan fingerprint density at radius 3 is 2.22 bits per heavy atom. The van der Waals surface area contributed by atoms with Crippen LogP contribution in [0.3, 0.4) is 0 Å². The zero-order valence-corrected chi connectivity index (χ0v) is 11.6. The van der Waals surface area contributed by atoms with Crippen LogP contribution in [0.4, 0.5) is 0 Å². The molecule has 0 saturated heterocycles. The number of hydrogen-bond donors (Lipinski definition) is 2. The molecule has 0 saturated carbocycles. The summed E-state index contributed by atoms with van der Waals surface area (Å²) in [4.78, 5) is 2.12. The van der Waals surface area contributed by atoms with E-state index in [1.807, 2.05) is 7.05 Å². The number of aryl methyl sites for hydroxylation is 1. The second-order valence-electron chi connectivity index (χ2n) is 4.97. The average Bonchev–Trinajstić information content (AvgIpc) is 2.38. The number of rotatable bonds is 8. The fraction of sp³-hybridized carbons (Fsp3) is 0.600. The lowest BCUT2D eigenvalue weighted by molar-refractivity contribution is 0.133. The first-order valence-electron chi connectivity index (χ1n) is 6.80. The van der Waals surface area contributed by atoms with Crippen LogP contribution in [0.5, 0.6) is 0 Å². The average molecular weight is 250 g/mol. The molecule has 1 unspecified atom stereocenters. The Kier molecular flexibility index (Phi) is 6.94. The van der Waals surface area contributed by atoms with Crippen LogP contribution in [0.15, 0.2) is 24.3 Å². The molecule has 0 fully saturated rings. The summed E-state index contributed by atoms with van der Waals surface area (Å²) in [6.07, 6.45) is 2.95. The van der Waals surface area contributed by atoms with E-state index in [4.69, 9.17) is 5.73 Å². The molecule has 0 aliphatic heterocycles. The Hall–Kier alpha value is -0.900. The van der Waals surface area contributed by atoms with Crippen molar-refractivity contribution in [3.63, 3.8) is 0 Å². The van der Waals surface area contributed by atoms with Crippen LogP contribution in [0, 0.1) is 0 Å². The van der Waals surface area contributed by atoms with Crippen LogP contribution in [-0.2, 0) is 12.8 Å². The molecule has 102 valence electrons. The standard InChI is InChI=1S/C15H26N2O/c1-3-4-13-5-7-14(8-6-13)9-10-17(2)12-15(18)11-16/h5-8,15,18H,3-4,9-12,16H2,1-2H3. The predicted octanol–water partition coefficient (Wildman–Crippen LogP) is 1.43. The highest BCUT2D eigenvalue weighted by Crippen LogP contribution is 2.07. The molecule has 0 spiro atoms. The Labute approximate surface area is 111 Å². The van der Waals surface area contributed by atoms with Gasteiger partial charge in [0, 0.05) is 19.6 Å². The summed E-state index contributed by atoms with van der Waals surface area (Å²) in [5.41, 5.74) is 8.16. The maximum atomic E-state index is 9.45. The molecule has 0 aromatic heterocycles. The third-order valence-corrected chi connectivity index (χ3v) is 3.14. The molecule has 3 N–H and O–H groups in total. The summed E-state index contributed by atoms with van der Waals surface area (Å²) in [5.74, 6) is 0. The minimum atomic E-state index is -0.415. The van der Waals surface area contributed by atoms with Gasteiger partial charge in [-0.25, -0.2) is 0 Å². The summed E-state index contributed by atoms with van der Waals surface area (Å²) in [5, 5.41) is 9.45. The Morgan fingerprint density at radius 1 is 1.17 bits per heavy atom. The summed E-state index contributed by atoms with van der Waals surface area (Å²) in [6.45, 7) is 4.12. The molecule has 0 aliphatic rings. The summed E-state index contributed by atoms with van der Waals surface area (Å²) >= 11 is 0. The van der Waals surface area contributed by atoms with Gasteiger partial charge in [-0.15, -0.1) is 0 Å². The molecule has 0 aliphatic carbocycles. The van der Waals surface area contributed by atoms with Gasteiger partial charge in [0.25, 0.3) is 0 Å². The van der Waals surface area contributed by atoms with Crippen LogP contribution in [0.2, 0.25) is 0 Å². The summed E-state index contributed by atoms with van der Waals surface area (Å²) in [7, 11) is 2.02. The van der Waals surface area contributed by atoms with Crippen LogP contribution < -0.4 is 5.73 Å². The van der Waals surface area contributed by atoms with Crippen molar-refractivity contribution in [2.75, 3.05) is 26.7 Å². The normalized spacial score (nSPS) is 12.9. The summed E-state index contributed by atoms with van der Waals surface area (Å²) in [6, 6.07) is 8.84. The van der Waals surface area contributed by atoms with Gasteiger partial charge >= 0.3 is 0 Å². The third kappa shape index (κ3) is 5.63.